The lowest BCUT2D eigenvalue weighted by molar-refractivity contribution is -0.137. The summed E-state index contributed by atoms with van der Waals surface area (Å²) < 4.78 is 43.7. The van der Waals surface area contributed by atoms with Gasteiger partial charge in [0.05, 0.1) is 11.3 Å². The Morgan fingerprint density at radius 2 is 1.90 bits per heavy atom. The molecule has 2 aromatic carbocycles. The predicted molar refractivity (Wildman–Crippen MR) is 104 cm³/mol. The maximum Gasteiger partial charge on any atom is 0.416 e. The second-order valence-electron chi connectivity index (χ2n) is 6.39. The van der Waals surface area contributed by atoms with E-state index in [0.717, 1.165) is 29.5 Å². The highest BCUT2D eigenvalue weighted by Gasteiger charge is 2.30. The van der Waals surface area contributed by atoms with Crippen LogP contribution in [0.1, 0.15) is 29.9 Å². The number of anilines is 1. The van der Waals surface area contributed by atoms with E-state index in [0.29, 0.717) is 12.3 Å². The van der Waals surface area contributed by atoms with Crippen molar-refractivity contribution in [1.29, 1.82) is 0 Å². The Balaban J connectivity index is 1.51. The number of halogens is 3. The van der Waals surface area contributed by atoms with E-state index in [4.69, 9.17) is 4.42 Å². The molecule has 152 valence electrons. The summed E-state index contributed by atoms with van der Waals surface area (Å²) in [6, 6.07) is 14.4. The van der Waals surface area contributed by atoms with Gasteiger partial charge in [-0.3, -0.25) is 4.79 Å². The third kappa shape index (κ3) is 6.08. The van der Waals surface area contributed by atoms with Crippen LogP contribution in [0.25, 0.3) is 0 Å². The average molecular weight is 421 g/mol. The molecule has 0 spiro atoms. The molecule has 0 aliphatic heterocycles. The van der Waals surface area contributed by atoms with Gasteiger partial charge < -0.3 is 9.73 Å². The van der Waals surface area contributed by atoms with Crippen molar-refractivity contribution in [3.63, 3.8) is 0 Å². The number of alkyl halides is 3. The molecule has 0 radical (unpaired) electrons. The molecule has 3 rings (SSSR count). The second-order valence-corrected chi connectivity index (χ2v) is 7.32. The van der Waals surface area contributed by atoms with E-state index < -0.39 is 17.6 Å². The van der Waals surface area contributed by atoms with Crippen LogP contribution in [0.3, 0.4) is 0 Å². The SMILES string of the molecule is CC(Cc1nnc(SCC(=O)Nc2cccc(C(F)(F)F)c2)o1)c1ccccc1. The fraction of sp³-hybridized carbons (Fsp3) is 0.250. The molecule has 0 aliphatic carbocycles. The number of nitrogens with one attached hydrogen (secondary N) is 1. The molecule has 1 aromatic heterocycles. The summed E-state index contributed by atoms with van der Waals surface area (Å²) in [7, 11) is 0. The summed E-state index contributed by atoms with van der Waals surface area (Å²) in [5.74, 6) is 0.124. The van der Waals surface area contributed by atoms with Crippen LogP contribution in [-0.4, -0.2) is 21.9 Å². The van der Waals surface area contributed by atoms with E-state index in [-0.39, 0.29) is 22.6 Å². The van der Waals surface area contributed by atoms with Crippen LogP contribution in [0, 0.1) is 0 Å². The summed E-state index contributed by atoms with van der Waals surface area (Å²) >= 11 is 1.03. The lowest BCUT2D eigenvalue weighted by Gasteiger charge is -2.09. The fourth-order valence-electron chi connectivity index (χ4n) is 2.64. The van der Waals surface area contributed by atoms with Crippen LogP contribution in [0.2, 0.25) is 0 Å². The number of nitrogens with zero attached hydrogens (tertiary/aromatic N) is 2. The van der Waals surface area contributed by atoms with Crippen molar-refractivity contribution in [1.82, 2.24) is 10.2 Å². The van der Waals surface area contributed by atoms with Crippen molar-refractivity contribution in [3.8, 4) is 0 Å². The summed E-state index contributed by atoms with van der Waals surface area (Å²) in [4.78, 5) is 12.0. The summed E-state index contributed by atoms with van der Waals surface area (Å²) in [5, 5.41) is 10.6. The van der Waals surface area contributed by atoms with Crippen molar-refractivity contribution in [2.75, 3.05) is 11.1 Å². The smallest absolute Gasteiger partial charge is 0.416 e. The van der Waals surface area contributed by atoms with E-state index in [1.807, 2.05) is 30.3 Å². The van der Waals surface area contributed by atoms with Gasteiger partial charge in [-0.25, -0.2) is 0 Å². The molecule has 1 amide bonds. The minimum Gasteiger partial charge on any atom is -0.416 e. The van der Waals surface area contributed by atoms with Gasteiger partial charge in [0.15, 0.2) is 0 Å². The van der Waals surface area contributed by atoms with E-state index in [9.17, 15) is 18.0 Å². The molecule has 1 atom stereocenters. The Morgan fingerprint density at radius 1 is 1.14 bits per heavy atom. The molecule has 1 heterocycles. The fourth-order valence-corrected chi connectivity index (χ4v) is 3.22. The van der Waals surface area contributed by atoms with Crippen LogP contribution in [-0.2, 0) is 17.4 Å². The van der Waals surface area contributed by atoms with E-state index in [2.05, 4.69) is 22.4 Å². The molecule has 29 heavy (non-hydrogen) atoms. The largest absolute Gasteiger partial charge is 0.416 e. The van der Waals surface area contributed by atoms with E-state index >= 15 is 0 Å². The van der Waals surface area contributed by atoms with E-state index in [1.165, 1.54) is 12.1 Å². The first-order valence-corrected chi connectivity index (χ1v) is 9.77. The van der Waals surface area contributed by atoms with E-state index in [1.54, 1.807) is 0 Å². The molecular formula is C20H18F3N3O2S. The number of thioether (sulfide) groups is 1. The minimum absolute atomic E-state index is 0.0634. The highest BCUT2D eigenvalue weighted by Crippen LogP contribution is 2.30. The molecule has 0 aliphatic rings. The average Bonchev–Trinajstić information content (AvgIpc) is 3.14. The van der Waals surface area contributed by atoms with Crippen LogP contribution in [0.5, 0.6) is 0 Å². The number of rotatable bonds is 7. The lowest BCUT2D eigenvalue weighted by Crippen LogP contribution is -2.15. The van der Waals surface area contributed by atoms with Gasteiger partial charge in [-0.05, 0) is 29.7 Å². The van der Waals surface area contributed by atoms with Gasteiger partial charge in [0.2, 0.25) is 11.8 Å². The Morgan fingerprint density at radius 3 is 2.62 bits per heavy atom. The summed E-state index contributed by atoms with van der Waals surface area (Å²) in [6.45, 7) is 2.05. The van der Waals surface area contributed by atoms with Crippen molar-refractivity contribution < 1.29 is 22.4 Å². The molecular weight excluding hydrogens is 403 g/mol. The van der Waals surface area contributed by atoms with Gasteiger partial charge in [-0.2, -0.15) is 13.2 Å². The number of hydrogen-bond acceptors (Lipinski definition) is 5. The van der Waals surface area contributed by atoms with Crippen LogP contribution >= 0.6 is 11.8 Å². The maximum absolute atomic E-state index is 12.7. The normalized spacial score (nSPS) is 12.6. The molecule has 9 heteroatoms. The van der Waals surface area contributed by atoms with Gasteiger partial charge in [0.1, 0.15) is 0 Å². The molecule has 0 fully saturated rings. The van der Waals surface area contributed by atoms with Crippen LogP contribution in [0.15, 0.2) is 64.2 Å². The topological polar surface area (TPSA) is 68.0 Å². The zero-order valence-corrected chi connectivity index (χ0v) is 16.3. The zero-order valence-electron chi connectivity index (χ0n) is 15.4. The van der Waals surface area contributed by atoms with Crippen LogP contribution in [0.4, 0.5) is 18.9 Å². The highest BCUT2D eigenvalue weighted by molar-refractivity contribution is 7.99. The van der Waals surface area contributed by atoms with Gasteiger partial charge >= 0.3 is 6.18 Å². The standard InChI is InChI=1S/C20H18F3N3O2S/c1-13(14-6-3-2-4-7-14)10-18-25-26-19(28-18)29-12-17(27)24-16-9-5-8-15(11-16)20(21,22)23/h2-9,11,13H,10,12H2,1H3,(H,24,27). The first kappa shape index (κ1) is 20.9. The molecule has 0 saturated heterocycles. The number of carbonyl (C=O) groups is 1. The molecule has 1 N–H and O–H groups in total. The summed E-state index contributed by atoms with van der Waals surface area (Å²) in [6.07, 6.45) is -3.90. The Hall–Kier alpha value is -2.81. The molecule has 5 nitrogen and oxygen atoms in total. The number of hydrogen-bond donors (Lipinski definition) is 1. The number of amides is 1. The lowest BCUT2D eigenvalue weighted by atomic mass is 9.98. The number of benzene rings is 2. The molecule has 3 aromatic rings. The maximum atomic E-state index is 12.7. The first-order chi connectivity index (χ1) is 13.8. The third-order valence-electron chi connectivity index (χ3n) is 4.10. The van der Waals surface area contributed by atoms with Crippen LogP contribution < -0.4 is 5.32 Å². The van der Waals surface area contributed by atoms with Gasteiger partial charge in [0.25, 0.3) is 5.22 Å². The minimum atomic E-state index is -4.47. The Kier molecular flexibility index (Phi) is 6.58. The second kappa shape index (κ2) is 9.13. The number of carbonyl (C=O) groups excluding carboxylic acids is 1. The number of aromatic nitrogens is 2. The van der Waals surface area contributed by atoms with Gasteiger partial charge in [0, 0.05) is 12.1 Å². The summed E-state index contributed by atoms with van der Waals surface area (Å²) in [5.41, 5.74) is 0.408. The van der Waals surface area contributed by atoms with Crippen molar-refractivity contribution in [3.05, 3.63) is 71.6 Å². The highest BCUT2D eigenvalue weighted by atomic mass is 32.2. The van der Waals surface area contributed by atoms with Crippen molar-refractivity contribution in [2.45, 2.75) is 30.7 Å². The van der Waals surface area contributed by atoms with Gasteiger partial charge in [-0.1, -0.05) is 55.1 Å². The van der Waals surface area contributed by atoms with Gasteiger partial charge in [-0.15, -0.1) is 10.2 Å². The quantitative estimate of drug-likeness (QED) is 0.534. The zero-order chi connectivity index (χ0) is 20.9. The molecule has 0 saturated carbocycles. The monoisotopic (exact) mass is 421 g/mol. The predicted octanol–water partition coefficient (Wildman–Crippen LogP) is 5.17. The molecule has 0 bridgehead atoms. The van der Waals surface area contributed by atoms with Crippen molar-refractivity contribution >= 4 is 23.4 Å². The van der Waals surface area contributed by atoms with Crippen molar-refractivity contribution in [2.24, 2.45) is 0 Å². The Labute approximate surface area is 169 Å². The molecule has 1 unspecified atom stereocenters. The third-order valence-corrected chi connectivity index (χ3v) is 4.92. The first-order valence-electron chi connectivity index (χ1n) is 8.78. The Bertz CT molecular complexity index is 961.